The van der Waals surface area contributed by atoms with Gasteiger partial charge in [0.1, 0.15) is 5.54 Å². The maximum atomic E-state index is 13.8. The Morgan fingerprint density at radius 2 is 1.80 bits per heavy atom. The lowest BCUT2D eigenvalue weighted by Crippen LogP contribution is -2.51. The van der Waals surface area contributed by atoms with Gasteiger partial charge in [-0.15, -0.1) is 0 Å². The molecule has 2 unspecified atom stereocenters. The second-order valence-electron chi connectivity index (χ2n) is 9.92. The fourth-order valence-corrected chi connectivity index (χ4v) is 5.12. The quantitative estimate of drug-likeness (QED) is 0.513. The number of nitrogens with one attached hydrogen (secondary N) is 1. The Bertz CT molecular complexity index is 1260. The zero-order valence-corrected chi connectivity index (χ0v) is 20.3. The number of carbonyl (C=O) groups excluding carboxylic acids is 2. The lowest BCUT2D eigenvalue weighted by Gasteiger charge is -2.28. The molecular weight excluding hydrogens is 436 g/mol. The highest BCUT2D eigenvalue weighted by molar-refractivity contribution is 6.04. The van der Waals surface area contributed by atoms with Crippen LogP contribution in [0.5, 0.6) is 0 Å². The van der Waals surface area contributed by atoms with Crippen LogP contribution in [0.25, 0.3) is 10.8 Å². The Labute approximate surface area is 206 Å². The van der Waals surface area contributed by atoms with Gasteiger partial charge in [-0.2, -0.15) is 5.26 Å². The molecule has 180 valence electrons. The van der Waals surface area contributed by atoms with Gasteiger partial charge >= 0.3 is 0 Å². The van der Waals surface area contributed by atoms with Crippen molar-refractivity contribution in [2.24, 2.45) is 11.7 Å². The van der Waals surface area contributed by atoms with Crippen LogP contribution in [-0.4, -0.2) is 35.3 Å². The van der Waals surface area contributed by atoms with Crippen molar-refractivity contribution < 1.29 is 9.59 Å². The van der Waals surface area contributed by atoms with Crippen molar-refractivity contribution in [3.05, 3.63) is 83.4 Å². The van der Waals surface area contributed by atoms with Gasteiger partial charge in [0.25, 0.3) is 0 Å². The van der Waals surface area contributed by atoms with Gasteiger partial charge in [0.2, 0.25) is 11.8 Å². The molecule has 0 spiro atoms. The summed E-state index contributed by atoms with van der Waals surface area (Å²) in [6, 6.07) is 23.8. The zero-order chi connectivity index (χ0) is 25.0. The number of likely N-dealkylation sites (tertiary alicyclic amines) is 1. The second-order valence-corrected chi connectivity index (χ2v) is 9.92. The molecule has 1 aliphatic heterocycles. The van der Waals surface area contributed by atoms with E-state index in [2.05, 4.69) is 28.4 Å². The van der Waals surface area contributed by atoms with Gasteiger partial charge in [-0.05, 0) is 46.7 Å². The molecule has 0 aromatic heterocycles. The molecule has 1 saturated heterocycles. The SMILES string of the molecule is CC(C)CC(C(=O)NC1(C#N)CCN(Cc2ccccc2)C1)c1c(C(N)=O)ccc2ccccc12. The van der Waals surface area contributed by atoms with E-state index in [1.807, 2.05) is 62.4 Å². The van der Waals surface area contributed by atoms with Crippen LogP contribution in [0.4, 0.5) is 0 Å². The normalized spacial score (nSPS) is 18.9. The first-order valence-electron chi connectivity index (χ1n) is 12.1. The summed E-state index contributed by atoms with van der Waals surface area (Å²) >= 11 is 0. The molecule has 0 saturated carbocycles. The summed E-state index contributed by atoms with van der Waals surface area (Å²) in [5, 5.41) is 15.0. The topological polar surface area (TPSA) is 99.2 Å². The molecule has 2 atom stereocenters. The molecule has 1 heterocycles. The fraction of sp³-hybridized carbons (Fsp3) is 0.345. The van der Waals surface area contributed by atoms with Gasteiger partial charge < -0.3 is 11.1 Å². The number of carbonyl (C=O) groups is 2. The van der Waals surface area contributed by atoms with E-state index >= 15 is 0 Å². The maximum absolute atomic E-state index is 13.8. The van der Waals surface area contributed by atoms with Crippen LogP contribution < -0.4 is 11.1 Å². The summed E-state index contributed by atoms with van der Waals surface area (Å²) in [6.07, 6.45) is 1.09. The molecule has 2 amide bonds. The lowest BCUT2D eigenvalue weighted by atomic mass is 9.82. The predicted octanol–water partition coefficient (Wildman–Crippen LogP) is 4.35. The number of hydrogen-bond acceptors (Lipinski definition) is 4. The molecule has 3 aromatic carbocycles. The number of benzene rings is 3. The van der Waals surface area contributed by atoms with Gasteiger partial charge in [0.05, 0.1) is 12.0 Å². The summed E-state index contributed by atoms with van der Waals surface area (Å²) in [4.78, 5) is 28.4. The minimum Gasteiger partial charge on any atom is -0.366 e. The minimum absolute atomic E-state index is 0.196. The van der Waals surface area contributed by atoms with E-state index in [1.165, 1.54) is 5.56 Å². The summed E-state index contributed by atoms with van der Waals surface area (Å²) in [5.74, 6) is -1.20. The Hall–Kier alpha value is -3.69. The first kappa shape index (κ1) is 24.4. The Morgan fingerprint density at radius 1 is 1.09 bits per heavy atom. The molecule has 35 heavy (non-hydrogen) atoms. The number of hydrogen-bond donors (Lipinski definition) is 2. The summed E-state index contributed by atoms with van der Waals surface area (Å²) < 4.78 is 0. The Morgan fingerprint density at radius 3 is 2.49 bits per heavy atom. The summed E-state index contributed by atoms with van der Waals surface area (Å²) in [7, 11) is 0. The van der Waals surface area contributed by atoms with Gasteiger partial charge in [-0.1, -0.05) is 74.5 Å². The van der Waals surface area contributed by atoms with E-state index in [0.29, 0.717) is 30.5 Å². The van der Waals surface area contributed by atoms with Crippen molar-refractivity contribution in [3.8, 4) is 6.07 Å². The van der Waals surface area contributed by atoms with Crippen LogP contribution >= 0.6 is 0 Å². The van der Waals surface area contributed by atoms with E-state index in [-0.39, 0.29) is 11.8 Å². The molecule has 0 aliphatic carbocycles. The third kappa shape index (κ3) is 5.36. The standard InChI is InChI=1S/C29H32N4O2/c1-20(2)16-25(26-23-11-7-6-10-22(23)12-13-24(26)27(31)34)28(35)32-29(18-30)14-15-33(19-29)17-21-8-4-3-5-9-21/h3-13,20,25H,14-17,19H2,1-2H3,(H2,31,34)(H,32,35). The number of amides is 2. The average molecular weight is 469 g/mol. The summed E-state index contributed by atoms with van der Waals surface area (Å²) in [5.41, 5.74) is 6.95. The average Bonchev–Trinajstić information content (AvgIpc) is 3.24. The van der Waals surface area contributed by atoms with Crippen LogP contribution in [0.3, 0.4) is 0 Å². The fourth-order valence-electron chi connectivity index (χ4n) is 5.12. The molecule has 1 aliphatic rings. The van der Waals surface area contributed by atoms with E-state index in [9.17, 15) is 14.9 Å². The second kappa shape index (κ2) is 10.3. The highest BCUT2D eigenvalue weighted by Gasteiger charge is 2.41. The summed E-state index contributed by atoms with van der Waals surface area (Å²) in [6.45, 7) is 6.00. The van der Waals surface area contributed by atoms with Gasteiger partial charge in [-0.3, -0.25) is 14.5 Å². The van der Waals surface area contributed by atoms with Crippen LogP contribution in [0, 0.1) is 17.2 Å². The highest BCUT2D eigenvalue weighted by atomic mass is 16.2. The van der Waals surface area contributed by atoms with Crippen molar-refractivity contribution in [3.63, 3.8) is 0 Å². The zero-order valence-electron chi connectivity index (χ0n) is 20.3. The number of fused-ring (bicyclic) bond motifs is 1. The van der Waals surface area contributed by atoms with Crippen LogP contribution in [0.15, 0.2) is 66.7 Å². The first-order chi connectivity index (χ1) is 16.8. The molecule has 4 rings (SSSR count). The molecular formula is C29H32N4O2. The molecule has 0 bridgehead atoms. The predicted molar refractivity (Wildman–Crippen MR) is 137 cm³/mol. The number of nitrogens with two attached hydrogens (primary N) is 1. The van der Waals surface area contributed by atoms with Crippen molar-refractivity contribution in [2.45, 2.75) is 44.7 Å². The van der Waals surface area contributed by atoms with Crippen molar-refractivity contribution >= 4 is 22.6 Å². The monoisotopic (exact) mass is 468 g/mol. The lowest BCUT2D eigenvalue weighted by molar-refractivity contribution is -0.124. The smallest absolute Gasteiger partial charge is 0.249 e. The molecule has 1 fully saturated rings. The number of nitriles is 1. The molecule has 3 aromatic rings. The van der Waals surface area contributed by atoms with Crippen LogP contribution in [0.2, 0.25) is 0 Å². The van der Waals surface area contributed by atoms with Gasteiger partial charge in [-0.25, -0.2) is 0 Å². The maximum Gasteiger partial charge on any atom is 0.249 e. The third-order valence-corrected chi connectivity index (χ3v) is 6.78. The van der Waals surface area contributed by atoms with E-state index < -0.39 is 17.4 Å². The molecule has 6 nitrogen and oxygen atoms in total. The Balaban J connectivity index is 1.65. The first-order valence-corrected chi connectivity index (χ1v) is 12.1. The highest BCUT2D eigenvalue weighted by Crippen LogP contribution is 2.35. The molecule has 0 radical (unpaired) electrons. The van der Waals surface area contributed by atoms with Crippen LogP contribution in [-0.2, 0) is 11.3 Å². The van der Waals surface area contributed by atoms with Crippen molar-refractivity contribution in [1.29, 1.82) is 5.26 Å². The molecule has 3 N–H and O–H groups in total. The minimum atomic E-state index is -0.974. The number of rotatable bonds is 8. The third-order valence-electron chi connectivity index (χ3n) is 6.78. The largest absolute Gasteiger partial charge is 0.366 e. The van der Waals surface area contributed by atoms with Crippen molar-refractivity contribution in [2.75, 3.05) is 13.1 Å². The van der Waals surface area contributed by atoms with Gasteiger partial charge in [0.15, 0.2) is 0 Å². The molecule has 6 heteroatoms. The number of primary amides is 1. The van der Waals surface area contributed by atoms with Crippen LogP contribution in [0.1, 0.15) is 54.1 Å². The Kier molecular flexibility index (Phi) is 7.18. The number of nitrogens with zero attached hydrogens (tertiary/aromatic N) is 2. The van der Waals surface area contributed by atoms with E-state index in [0.717, 1.165) is 23.9 Å². The van der Waals surface area contributed by atoms with E-state index in [4.69, 9.17) is 5.73 Å². The van der Waals surface area contributed by atoms with Crippen molar-refractivity contribution in [1.82, 2.24) is 10.2 Å². The van der Waals surface area contributed by atoms with E-state index in [1.54, 1.807) is 6.07 Å². The van der Waals surface area contributed by atoms with Gasteiger partial charge in [0, 0.05) is 25.2 Å².